The topological polar surface area (TPSA) is 61.8 Å². The summed E-state index contributed by atoms with van der Waals surface area (Å²) in [6.07, 6.45) is 0. The average Bonchev–Trinajstić information content (AvgIpc) is 2.14. The Kier molecular flexibility index (Phi) is 3.62. The molecule has 0 heterocycles. The Morgan fingerprint density at radius 1 is 1.47 bits per heavy atom. The molecule has 82 valence electrons. The highest BCUT2D eigenvalue weighted by atomic mass is 19.1. The number of nitrogens with two attached hydrogens (primary N) is 1. The lowest BCUT2D eigenvalue weighted by Crippen LogP contribution is -2.15. The van der Waals surface area contributed by atoms with Crippen molar-refractivity contribution in [3.63, 3.8) is 0 Å². The van der Waals surface area contributed by atoms with Gasteiger partial charge in [0.2, 0.25) is 0 Å². The van der Waals surface area contributed by atoms with E-state index in [9.17, 15) is 4.39 Å². The van der Waals surface area contributed by atoms with Gasteiger partial charge in [-0.15, -0.1) is 0 Å². The molecule has 1 aromatic carbocycles. The van der Waals surface area contributed by atoms with Gasteiger partial charge in [-0.05, 0) is 37.9 Å². The standard InChI is InChI=1S/C10H14FN3O/c1-14(2)6-7-3-8(10(12)13-15)5-9(11)4-7/h3-5,15H,6H2,1-2H3,(H2,12,13). The molecule has 5 heteroatoms. The fraction of sp³-hybridized carbons (Fsp3) is 0.300. The second-order valence-corrected chi connectivity index (χ2v) is 3.57. The normalized spacial score (nSPS) is 12.1. The Balaban J connectivity index is 3.05. The maximum absolute atomic E-state index is 13.2. The maximum atomic E-state index is 13.2. The van der Waals surface area contributed by atoms with Crippen LogP contribution in [0.4, 0.5) is 4.39 Å². The van der Waals surface area contributed by atoms with Crippen LogP contribution in [0.2, 0.25) is 0 Å². The first-order valence-electron chi connectivity index (χ1n) is 4.45. The van der Waals surface area contributed by atoms with Gasteiger partial charge in [0, 0.05) is 12.1 Å². The summed E-state index contributed by atoms with van der Waals surface area (Å²) in [5.41, 5.74) is 6.55. The lowest BCUT2D eigenvalue weighted by Gasteiger charge is -2.10. The summed E-state index contributed by atoms with van der Waals surface area (Å²) in [6, 6.07) is 4.35. The van der Waals surface area contributed by atoms with Crippen molar-refractivity contribution < 1.29 is 9.60 Å². The summed E-state index contributed by atoms with van der Waals surface area (Å²) in [6.45, 7) is 0.601. The molecule has 0 atom stereocenters. The summed E-state index contributed by atoms with van der Waals surface area (Å²) in [7, 11) is 3.77. The first kappa shape index (κ1) is 11.5. The molecule has 0 fully saturated rings. The number of rotatable bonds is 3. The molecule has 0 radical (unpaired) electrons. The van der Waals surface area contributed by atoms with Crippen LogP contribution < -0.4 is 5.73 Å². The van der Waals surface area contributed by atoms with Gasteiger partial charge in [0.1, 0.15) is 5.82 Å². The van der Waals surface area contributed by atoms with E-state index in [4.69, 9.17) is 10.9 Å². The SMILES string of the molecule is CN(C)Cc1cc(F)cc(/C(N)=N/O)c1. The van der Waals surface area contributed by atoms with E-state index in [2.05, 4.69) is 5.16 Å². The van der Waals surface area contributed by atoms with Crippen LogP contribution in [-0.4, -0.2) is 30.0 Å². The van der Waals surface area contributed by atoms with Crippen LogP contribution in [0, 0.1) is 5.82 Å². The van der Waals surface area contributed by atoms with Gasteiger partial charge in [-0.3, -0.25) is 0 Å². The molecule has 1 aromatic rings. The largest absolute Gasteiger partial charge is 0.409 e. The lowest BCUT2D eigenvalue weighted by molar-refractivity contribution is 0.318. The van der Waals surface area contributed by atoms with Gasteiger partial charge < -0.3 is 15.8 Å². The van der Waals surface area contributed by atoms with Crippen LogP contribution in [0.15, 0.2) is 23.4 Å². The van der Waals surface area contributed by atoms with E-state index < -0.39 is 5.82 Å². The van der Waals surface area contributed by atoms with Crippen molar-refractivity contribution in [1.82, 2.24) is 4.90 Å². The smallest absolute Gasteiger partial charge is 0.170 e. The van der Waals surface area contributed by atoms with E-state index in [1.165, 1.54) is 12.1 Å². The highest BCUT2D eigenvalue weighted by molar-refractivity contribution is 5.97. The predicted molar refractivity (Wildman–Crippen MR) is 56.3 cm³/mol. The Morgan fingerprint density at radius 3 is 2.67 bits per heavy atom. The maximum Gasteiger partial charge on any atom is 0.170 e. The van der Waals surface area contributed by atoms with Crippen molar-refractivity contribution in [3.05, 3.63) is 35.1 Å². The Labute approximate surface area is 87.8 Å². The number of amidine groups is 1. The molecule has 0 aliphatic carbocycles. The Morgan fingerprint density at radius 2 is 2.13 bits per heavy atom. The van der Waals surface area contributed by atoms with E-state index in [1.54, 1.807) is 6.07 Å². The molecular weight excluding hydrogens is 197 g/mol. The zero-order valence-electron chi connectivity index (χ0n) is 8.74. The van der Waals surface area contributed by atoms with Crippen LogP contribution in [-0.2, 0) is 6.54 Å². The van der Waals surface area contributed by atoms with E-state index in [1.807, 2.05) is 19.0 Å². The van der Waals surface area contributed by atoms with Crippen molar-refractivity contribution >= 4 is 5.84 Å². The minimum absolute atomic E-state index is 0.0884. The second-order valence-electron chi connectivity index (χ2n) is 3.57. The molecular formula is C10H14FN3O. The van der Waals surface area contributed by atoms with Crippen molar-refractivity contribution in [3.8, 4) is 0 Å². The molecule has 0 saturated carbocycles. The van der Waals surface area contributed by atoms with E-state index in [0.29, 0.717) is 12.1 Å². The molecule has 0 spiro atoms. The zero-order valence-corrected chi connectivity index (χ0v) is 8.74. The molecule has 1 rings (SSSR count). The summed E-state index contributed by atoms with van der Waals surface area (Å²) in [4.78, 5) is 1.91. The number of benzene rings is 1. The molecule has 4 nitrogen and oxygen atoms in total. The average molecular weight is 211 g/mol. The highest BCUT2D eigenvalue weighted by Gasteiger charge is 2.05. The van der Waals surface area contributed by atoms with Crippen LogP contribution in [0.5, 0.6) is 0 Å². The third kappa shape index (κ3) is 3.21. The third-order valence-corrected chi connectivity index (χ3v) is 1.86. The summed E-state index contributed by atoms with van der Waals surface area (Å²) in [5, 5.41) is 11.3. The van der Waals surface area contributed by atoms with Crippen molar-refractivity contribution in [2.45, 2.75) is 6.54 Å². The molecule has 0 aromatic heterocycles. The zero-order chi connectivity index (χ0) is 11.4. The number of hydrogen-bond acceptors (Lipinski definition) is 3. The minimum atomic E-state index is -0.393. The Bertz CT molecular complexity index is 377. The molecule has 0 amide bonds. The van der Waals surface area contributed by atoms with Crippen LogP contribution >= 0.6 is 0 Å². The first-order chi connectivity index (χ1) is 7.02. The third-order valence-electron chi connectivity index (χ3n) is 1.86. The lowest BCUT2D eigenvalue weighted by atomic mass is 10.1. The molecule has 3 N–H and O–H groups in total. The van der Waals surface area contributed by atoms with Crippen LogP contribution in [0.3, 0.4) is 0 Å². The number of oxime groups is 1. The van der Waals surface area contributed by atoms with Crippen molar-refractivity contribution in [2.75, 3.05) is 14.1 Å². The Hall–Kier alpha value is -1.62. The molecule has 0 aliphatic rings. The fourth-order valence-electron chi connectivity index (χ4n) is 1.31. The quantitative estimate of drug-likeness (QED) is 0.339. The van der Waals surface area contributed by atoms with Gasteiger partial charge in [-0.1, -0.05) is 5.16 Å². The van der Waals surface area contributed by atoms with Gasteiger partial charge in [0.15, 0.2) is 5.84 Å². The number of hydrogen-bond donors (Lipinski definition) is 2. The van der Waals surface area contributed by atoms with E-state index in [0.717, 1.165) is 5.56 Å². The molecule has 0 unspecified atom stereocenters. The van der Waals surface area contributed by atoms with Gasteiger partial charge in [-0.2, -0.15) is 0 Å². The molecule has 0 bridgehead atoms. The predicted octanol–water partition coefficient (Wildman–Crippen LogP) is 0.982. The van der Waals surface area contributed by atoms with Crippen LogP contribution in [0.25, 0.3) is 0 Å². The van der Waals surface area contributed by atoms with Crippen molar-refractivity contribution in [2.24, 2.45) is 10.9 Å². The number of halogens is 1. The monoisotopic (exact) mass is 211 g/mol. The summed E-state index contributed by atoms with van der Waals surface area (Å²) >= 11 is 0. The van der Waals surface area contributed by atoms with E-state index >= 15 is 0 Å². The molecule has 15 heavy (non-hydrogen) atoms. The van der Waals surface area contributed by atoms with Crippen molar-refractivity contribution in [1.29, 1.82) is 0 Å². The summed E-state index contributed by atoms with van der Waals surface area (Å²) in [5.74, 6) is -0.481. The number of nitrogens with zero attached hydrogens (tertiary/aromatic N) is 2. The van der Waals surface area contributed by atoms with E-state index in [-0.39, 0.29) is 5.84 Å². The highest BCUT2D eigenvalue weighted by Crippen LogP contribution is 2.10. The van der Waals surface area contributed by atoms with Gasteiger partial charge in [-0.25, -0.2) is 4.39 Å². The molecule has 0 aliphatic heterocycles. The van der Waals surface area contributed by atoms with Gasteiger partial charge in [0.25, 0.3) is 0 Å². The second kappa shape index (κ2) is 4.75. The van der Waals surface area contributed by atoms with Crippen LogP contribution in [0.1, 0.15) is 11.1 Å². The minimum Gasteiger partial charge on any atom is -0.409 e. The van der Waals surface area contributed by atoms with Gasteiger partial charge >= 0.3 is 0 Å². The van der Waals surface area contributed by atoms with Gasteiger partial charge in [0.05, 0.1) is 0 Å². The molecule has 0 saturated heterocycles. The first-order valence-corrected chi connectivity index (χ1v) is 4.45. The fourth-order valence-corrected chi connectivity index (χ4v) is 1.31. The summed E-state index contributed by atoms with van der Waals surface area (Å²) < 4.78 is 13.2.